The van der Waals surface area contributed by atoms with Crippen LogP contribution < -0.4 is 11.1 Å². The van der Waals surface area contributed by atoms with Crippen molar-refractivity contribution in [2.75, 3.05) is 17.7 Å². The SMILES string of the molecule is CCOC(=O)c1c(NC(=O)CSc2nnc(-c3cccc(C)c3)n2C)sc(C(N)=O)c1C. The van der Waals surface area contributed by atoms with E-state index in [2.05, 4.69) is 15.5 Å². The van der Waals surface area contributed by atoms with Gasteiger partial charge >= 0.3 is 5.97 Å². The van der Waals surface area contributed by atoms with Crippen LogP contribution in [0.1, 0.15) is 38.1 Å². The summed E-state index contributed by atoms with van der Waals surface area (Å²) >= 11 is 2.16. The first kappa shape index (κ1) is 23.5. The Hall–Kier alpha value is -3.18. The quantitative estimate of drug-likeness (QED) is 0.380. The lowest BCUT2D eigenvalue weighted by Gasteiger charge is -2.07. The Labute approximate surface area is 193 Å². The van der Waals surface area contributed by atoms with Gasteiger partial charge in [-0.25, -0.2) is 4.79 Å². The molecule has 0 aliphatic rings. The normalized spacial score (nSPS) is 10.8. The number of nitrogens with two attached hydrogens (primary N) is 1. The number of esters is 1. The fourth-order valence-electron chi connectivity index (χ4n) is 3.05. The zero-order valence-corrected chi connectivity index (χ0v) is 19.7. The Balaban J connectivity index is 1.74. The summed E-state index contributed by atoms with van der Waals surface area (Å²) in [5.74, 6) is -0.923. The molecule has 11 heteroatoms. The van der Waals surface area contributed by atoms with E-state index in [4.69, 9.17) is 10.5 Å². The molecular weight excluding hydrogens is 450 g/mol. The Morgan fingerprint density at radius 3 is 2.66 bits per heavy atom. The molecule has 0 atom stereocenters. The van der Waals surface area contributed by atoms with E-state index >= 15 is 0 Å². The van der Waals surface area contributed by atoms with Gasteiger partial charge in [0.2, 0.25) is 5.91 Å². The molecule has 1 aromatic carbocycles. The number of hydrogen-bond donors (Lipinski definition) is 2. The number of amides is 2. The number of thioether (sulfide) groups is 1. The van der Waals surface area contributed by atoms with Crippen molar-refractivity contribution < 1.29 is 19.1 Å². The van der Waals surface area contributed by atoms with Gasteiger partial charge < -0.3 is 20.4 Å². The monoisotopic (exact) mass is 473 g/mol. The van der Waals surface area contributed by atoms with Gasteiger partial charge in [-0.1, -0.05) is 35.5 Å². The van der Waals surface area contributed by atoms with Gasteiger partial charge in [-0.3, -0.25) is 9.59 Å². The molecule has 9 nitrogen and oxygen atoms in total. The van der Waals surface area contributed by atoms with Gasteiger partial charge in [0.05, 0.1) is 22.8 Å². The molecule has 3 rings (SSSR count). The van der Waals surface area contributed by atoms with E-state index in [1.807, 2.05) is 42.8 Å². The molecule has 2 heterocycles. The fraction of sp³-hybridized carbons (Fsp3) is 0.286. The zero-order chi connectivity index (χ0) is 23.4. The van der Waals surface area contributed by atoms with Crippen molar-refractivity contribution in [3.63, 3.8) is 0 Å². The molecule has 0 fully saturated rings. The highest BCUT2D eigenvalue weighted by Gasteiger charge is 2.26. The van der Waals surface area contributed by atoms with Crippen LogP contribution in [0, 0.1) is 13.8 Å². The minimum atomic E-state index is -0.671. The summed E-state index contributed by atoms with van der Waals surface area (Å²) in [5.41, 5.74) is 7.97. The van der Waals surface area contributed by atoms with Crippen LogP contribution in [-0.4, -0.2) is 44.9 Å². The maximum absolute atomic E-state index is 12.6. The fourth-order valence-corrected chi connectivity index (χ4v) is 4.83. The third kappa shape index (κ3) is 5.00. The summed E-state index contributed by atoms with van der Waals surface area (Å²) in [5, 5.41) is 11.9. The van der Waals surface area contributed by atoms with Gasteiger partial charge in [0, 0.05) is 12.6 Å². The number of primary amides is 1. The summed E-state index contributed by atoms with van der Waals surface area (Å²) in [4.78, 5) is 36.8. The molecule has 3 N–H and O–H groups in total. The lowest BCUT2D eigenvalue weighted by Crippen LogP contribution is -2.17. The Morgan fingerprint density at radius 1 is 1.25 bits per heavy atom. The predicted molar refractivity (Wildman–Crippen MR) is 124 cm³/mol. The summed E-state index contributed by atoms with van der Waals surface area (Å²) in [6, 6.07) is 7.91. The average Bonchev–Trinajstić information content (AvgIpc) is 3.26. The number of aryl methyl sites for hydroxylation is 1. The first-order valence-electron chi connectivity index (χ1n) is 9.72. The van der Waals surface area contributed by atoms with Crippen LogP contribution in [0.25, 0.3) is 11.4 Å². The molecule has 0 aliphatic heterocycles. The number of aromatic nitrogens is 3. The van der Waals surface area contributed by atoms with Crippen LogP contribution in [0.4, 0.5) is 5.00 Å². The smallest absolute Gasteiger partial charge is 0.341 e. The van der Waals surface area contributed by atoms with Crippen molar-refractivity contribution in [2.45, 2.75) is 25.9 Å². The Kier molecular flexibility index (Phi) is 7.31. The Morgan fingerprint density at radius 2 is 2.00 bits per heavy atom. The second-order valence-corrected chi connectivity index (χ2v) is 8.88. The number of hydrogen-bond acceptors (Lipinski definition) is 8. The summed E-state index contributed by atoms with van der Waals surface area (Å²) in [6.07, 6.45) is 0. The molecule has 0 unspecified atom stereocenters. The number of anilines is 1. The first-order valence-corrected chi connectivity index (χ1v) is 11.5. The van der Waals surface area contributed by atoms with E-state index in [1.165, 1.54) is 11.8 Å². The summed E-state index contributed by atoms with van der Waals surface area (Å²) in [6.45, 7) is 5.44. The highest BCUT2D eigenvalue weighted by molar-refractivity contribution is 7.99. The average molecular weight is 474 g/mol. The molecule has 0 spiro atoms. The van der Waals surface area contributed by atoms with Gasteiger partial charge in [-0.15, -0.1) is 21.5 Å². The molecule has 0 aliphatic carbocycles. The number of nitrogens with one attached hydrogen (secondary N) is 1. The van der Waals surface area contributed by atoms with Gasteiger partial charge in [-0.2, -0.15) is 0 Å². The third-order valence-corrected chi connectivity index (χ3v) is 6.79. The minimum Gasteiger partial charge on any atom is -0.462 e. The van der Waals surface area contributed by atoms with Crippen LogP contribution >= 0.6 is 23.1 Å². The summed E-state index contributed by atoms with van der Waals surface area (Å²) in [7, 11) is 1.83. The van der Waals surface area contributed by atoms with Crippen LogP contribution in [0.2, 0.25) is 0 Å². The van der Waals surface area contributed by atoms with Crippen molar-refractivity contribution in [1.82, 2.24) is 14.8 Å². The van der Waals surface area contributed by atoms with Crippen LogP contribution in [0.5, 0.6) is 0 Å². The van der Waals surface area contributed by atoms with Crippen molar-refractivity contribution in [1.29, 1.82) is 0 Å². The molecule has 2 aromatic heterocycles. The zero-order valence-electron chi connectivity index (χ0n) is 18.1. The molecule has 3 aromatic rings. The van der Waals surface area contributed by atoms with Crippen molar-refractivity contribution >= 4 is 45.9 Å². The highest BCUT2D eigenvalue weighted by atomic mass is 32.2. The molecule has 0 saturated heterocycles. The molecule has 2 amide bonds. The van der Waals surface area contributed by atoms with Gasteiger partial charge in [0.25, 0.3) is 5.91 Å². The lowest BCUT2D eigenvalue weighted by atomic mass is 10.1. The molecule has 168 valence electrons. The van der Waals surface area contributed by atoms with Crippen LogP contribution in [0.15, 0.2) is 29.4 Å². The number of rotatable bonds is 8. The highest BCUT2D eigenvalue weighted by Crippen LogP contribution is 2.34. The molecule has 0 radical (unpaired) electrons. The second kappa shape index (κ2) is 9.96. The molecule has 32 heavy (non-hydrogen) atoms. The second-order valence-electron chi connectivity index (χ2n) is 6.92. The van der Waals surface area contributed by atoms with E-state index in [0.717, 1.165) is 22.5 Å². The maximum Gasteiger partial charge on any atom is 0.341 e. The van der Waals surface area contributed by atoms with E-state index in [1.54, 1.807) is 13.8 Å². The van der Waals surface area contributed by atoms with Crippen molar-refractivity contribution in [3.05, 3.63) is 45.8 Å². The number of nitrogens with zero attached hydrogens (tertiary/aromatic N) is 3. The maximum atomic E-state index is 12.6. The van der Waals surface area contributed by atoms with Crippen LogP contribution in [0.3, 0.4) is 0 Å². The lowest BCUT2D eigenvalue weighted by molar-refractivity contribution is -0.113. The standard InChI is InChI=1S/C21H23N5O4S2/c1-5-30-20(29)15-12(3)16(17(22)28)32-19(15)23-14(27)10-31-21-25-24-18(26(21)4)13-8-6-7-11(2)9-13/h6-9H,5,10H2,1-4H3,(H2,22,28)(H,23,27). The topological polar surface area (TPSA) is 129 Å². The number of ether oxygens (including phenoxy) is 1. The van der Waals surface area contributed by atoms with Gasteiger partial charge in [0.1, 0.15) is 5.00 Å². The van der Waals surface area contributed by atoms with Gasteiger partial charge in [0.15, 0.2) is 11.0 Å². The van der Waals surface area contributed by atoms with E-state index in [9.17, 15) is 14.4 Å². The largest absolute Gasteiger partial charge is 0.462 e. The molecule has 0 bridgehead atoms. The third-order valence-electron chi connectivity index (χ3n) is 4.55. The first-order chi connectivity index (χ1) is 15.2. The van der Waals surface area contributed by atoms with E-state index in [0.29, 0.717) is 16.5 Å². The number of carbonyl (C=O) groups excluding carboxylic acids is 3. The molecule has 0 saturated carbocycles. The van der Waals surface area contributed by atoms with E-state index in [-0.39, 0.29) is 33.7 Å². The number of carbonyl (C=O) groups is 3. The Bertz CT molecular complexity index is 1190. The van der Waals surface area contributed by atoms with E-state index < -0.39 is 11.9 Å². The number of thiophene rings is 1. The number of benzene rings is 1. The van der Waals surface area contributed by atoms with Gasteiger partial charge in [-0.05, 0) is 32.4 Å². The van der Waals surface area contributed by atoms with Crippen molar-refractivity contribution in [3.8, 4) is 11.4 Å². The molecular formula is C21H23N5O4S2. The van der Waals surface area contributed by atoms with Crippen LogP contribution in [-0.2, 0) is 16.6 Å². The minimum absolute atomic E-state index is 0.0326. The predicted octanol–water partition coefficient (Wildman–Crippen LogP) is 3.17. The summed E-state index contributed by atoms with van der Waals surface area (Å²) < 4.78 is 6.88. The van der Waals surface area contributed by atoms with Crippen molar-refractivity contribution in [2.24, 2.45) is 12.8 Å².